The van der Waals surface area contributed by atoms with E-state index in [2.05, 4.69) is 10.4 Å². The maximum atomic E-state index is 10.6. The first-order valence-electron chi connectivity index (χ1n) is 5.01. The Hall–Kier alpha value is -1.16. The van der Waals surface area contributed by atoms with Crippen LogP contribution < -0.4 is 5.32 Å². The molecule has 1 N–H and O–H groups in total. The van der Waals surface area contributed by atoms with Crippen molar-refractivity contribution in [3.05, 3.63) is 17.5 Å². The number of rotatable bonds is 2. The summed E-state index contributed by atoms with van der Waals surface area (Å²) in [5.74, 6) is 0.476. The highest BCUT2D eigenvalue weighted by molar-refractivity contribution is 5.72. The number of nitrogens with zero attached hydrogens (tertiary/aromatic N) is 2. The van der Waals surface area contributed by atoms with Gasteiger partial charge in [-0.3, -0.25) is 9.48 Å². The second-order valence-electron chi connectivity index (χ2n) is 3.78. The maximum absolute atomic E-state index is 10.6. The van der Waals surface area contributed by atoms with Crippen LogP contribution >= 0.6 is 0 Å². The highest BCUT2D eigenvalue weighted by atomic mass is 16.1. The lowest BCUT2D eigenvalue weighted by atomic mass is 9.96. The normalized spacial score (nSPS) is 22.2. The Kier molecular flexibility index (Phi) is 2.63. The molecule has 0 spiro atoms. The number of carbonyl (C=O) groups is 1. The highest BCUT2D eigenvalue weighted by Gasteiger charge is 2.18. The molecule has 4 heteroatoms. The molecule has 1 unspecified atom stereocenters. The average molecular weight is 193 g/mol. The van der Waals surface area contributed by atoms with Gasteiger partial charge in [-0.2, -0.15) is 5.10 Å². The van der Waals surface area contributed by atoms with E-state index in [0.29, 0.717) is 11.6 Å². The molecular formula is C10H15N3O. The van der Waals surface area contributed by atoms with Gasteiger partial charge in [0, 0.05) is 19.5 Å². The largest absolute Gasteiger partial charge is 0.316 e. The van der Waals surface area contributed by atoms with Crippen molar-refractivity contribution >= 4 is 6.29 Å². The summed E-state index contributed by atoms with van der Waals surface area (Å²) in [6.07, 6.45) is 3.22. The summed E-state index contributed by atoms with van der Waals surface area (Å²) in [6.45, 7) is 2.08. The Labute approximate surface area is 83.3 Å². The zero-order valence-corrected chi connectivity index (χ0v) is 8.36. The Morgan fingerprint density at radius 3 is 3.14 bits per heavy atom. The van der Waals surface area contributed by atoms with Crippen molar-refractivity contribution in [2.24, 2.45) is 7.05 Å². The van der Waals surface area contributed by atoms with E-state index in [1.165, 1.54) is 12.8 Å². The smallest absolute Gasteiger partial charge is 0.168 e. The molecule has 0 aromatic carbocycles. The first-order valence-corrected chi connectivity index (χ1v) is 5.01. The summed E-state index contributed by atoms with van der Waals surface area (Å²) in [6, 6.07) is 1.89. The van der Waals surface area contributed by atoms with Crippen LogP contribution in [0.3, 0.4) is 0 Å². The fourth-order valence-electron chi connectivity index (χ4n) is 1.92. The third kappa shape index (κ3) is 1.70. The van der Waals surface area contributed by atoms with Crippen LogP contribution in [0.5, 0.6) is 0 Å². The van der Waals surface area contributed by atoms with E-state index >= 15 is 0 Å². The predicted octanol–water partition coefficient (Wildman–Crippen LogP) is 0.700. The molecule has 1 fully saturated rings. The fourth-order valence-corrected chi connectivity index (χ4v) is 1.92. The van der Waals surface area contributed by atoms with Crippen molar-refractivity contribution in [2.45, 2.75) is 18.8 Å². The van der Waals surface area contributed by atoms with Gasteiger partial charge in [-0.25, -0.2) is 0 Å². The van der Waals surface area contributed by atoms with Crippen molar-refractivity contribution in [1.82, 2.24) is 15.1 Å². The summed E-state index contributed by atoms with van der Waals surface area (Å²) < 4.78 is 1.65. The van der Waals surface area contributed by atoms with Crippen LogP contribution in [0.2, 0.25) is 0 Å². The second kappa shape index (κ2) is 3.92. The van der Waals surface area contributed by atoms with Gasteiger partial charge in [0.25, 0.3) is 0 Å². The number of aryl methyl sites for hydroxylation is 1. The lowest BCUT2D eigenvalue weighted by Gasteiger charge is -2.20. The minimum absolute atomic E-state index is 0.476. The quantitative estimate of drug-likeness (QED) is 0.703. The van der Waals surface area contributed by atoms with Crippen molar-refractivity contribution in [3.8, 4) is 0 Å². The zero-order chi connectivity index (χ0) is 9.97. The molecule has 4 nitrogen and oxygen atoms in total. The van der Waals surface area contributed by atoms with Gasteiger partial charge in [0.1, 0.15) is 5.69 Å². The van der Waals surface area contributed by atoms with Crippen LogP contribution in [0.1, 0.15) is 34.9 Å². The van der Waals surface area contributed by atoms with E-state index in [4.69, 9.17) is 0 Å². The fraction of sp³-hybridized carbons (Fsp3) is 0.600. The zero-order valence-electron chi connectivity index (χ0n) is 8.36. The Morgan fingerprint density at radius 2 is 2.57 bits per heavy atom. The maximum Gasteiger partial charge on any atom is 0.168 e. The molecule has 0 bridgehead atoms. The van der Waals surface area contributed by atoms with Gasteiger partial charge < -0.3 is 5.32 Å². The Morgan fingerprint density at radius 1 is 1.71 bits per heavy atom. The van der Waals surface area contributed by atoms with Gasteiger partial charge in [0.2, 0.25) is 0 Å². The molecule has 1 aromatic rings. The Bertz CT molecular complexity index is 326. The lowest BCUT2D eigenvalue weighted by molar-refractivity contribution is 0.111. The summed E-state index contributed by atoms with van der Waals surface area (Å²) >= 11 is 0. The second-order valence-corrected chi connectivity index (χ2v) is 3.78. The van der Waals surface area contributed by atoms with Crippen LogP contribution in [-0.2, 0) is 7.05 Å². The number of carbonyl (C=O) groups excluding carboxylic acids is 1. The van der Waals surface area contributed by atoms with E-state index in [1.54, 1.807) is 4.68 Å². The topological polar surface area (TPSA) is 46.9 Å². The monoisotopic (exact) mass is 193 g/mol. The van der Waals surface area contributed by atoms with E-state index < -0.39 is 0 Å². The average Bonchev–Trinajstić information content (AvgIpc) is 2.61. The van der Waals surface area contributed by atoms with Crippen molar-refractivity contribution in [2.75, 3.05) is 13.1 Å². The van der Waals surface area contributed by atoms with E-state index in [0.717, 1.165) is 25.1 Å². The number of hydrogen-bond donors (Lipinski definition) is 1. The van der Waals surface area contributed by atoms with Gasteiger partial charge in [-0.1, -0.05) is 0 Å². The molecule has 1 saturated heterocycles. The molecular weight excluding hydrogens is 178 g/mol. The molecule has 1 aromatic heterocycles. The van der Waals surface area contributed by atoms with Crippen LogP contribution in [0.25, 0.3) is 0 Å². The summed E-state index contributed by atoms with van der Waals surface area (Å²) in [4.78, 5) is 10.6. The summed E-state index contributed by atoms with van der Waals surface area (Å²) in [5.41, 5.74) is 1.70. The first-order chi connectivity index (χ1) is 6.81. The summed E-state index contributed by atoms with van der Waals surface area (Å²) in [5, 5.41) is 7.69. The van der Waals surface area contributed by atoms with E-state index in [-0.39, 0.29) is 0 Å². The van der Waals surface area contributed by atoms with Crippen molar-refractivity contribution in [1.29, 1.82) is 0 Å². The van der Waals surface area contributed by atoms with Gasteiger partial charge >= 0.3 is 0 Å². The molecule has 0 amide bonds. The van der Waals surface area contributed by atoms with Gasteiger partial charge in [0.15, 0.2) is 6.29 Å². The molecule has 14 heavy (non-hydrogen) atoms. The third-order valence-corrected chi connectivity index (χ3v) is 2.77. The molecule has 0 aliphatic carbocycles. The minimum atomic E-state index is 0.476. The van der Waals surface area contributed by atoms with Crippen molar-refractivity contribution in [3.63, 3.8) is 0 Å². The molecule has 1 aliphatic rings. The number of nitrogens with one attached hydrogen (secondary N) is 1. The van der Waals surface area contributed by atoms with Crippen molar-refractivity contribution < 1.29 is 4.79 Å². The molecule has 2 heterocycles. The van der Waals surface area contributed by atoms with Crippen LogP contribution in [0.15, 0.2) is 6.07 Å². The lowest BCUT2D eigenvalue weighted by Crippen LogP contribution is -2.28. The van der Waals surface area contributed by atoms with Crippen LogP contribution in [0, 0.1) is 0 Å². The summed E-state index contributed by atoms with van der Waals surface area (Å²) in [7, 11) is 1.81. The molecule has 2 rings (SSSR count). The molecule has 0 saturated carbocycles. The van der Waals surface area contributed by atoms with E-state index in [1.807, 2.05) is 13.1 Å². The number of piperidine rings is 1. The SMILES string of the molecule is Cn1nc(C2CCCNC2)cc1C=O. The molecule has 0 radical (unpaired) electrons. The minimum Gasteiger partial charge on any atom is -0.316 e. The Balaban J connectivity index is 2.18. The van der Waals surface area contributed by atoms with Gasteiger partial charge in [-0.05, 0) is 25.5 Å². The third-order valence-electron chi connectivity index (χ3n) is 2.77. The number of aromatic nitrogens is 2. The standard InChI is InChI=1S/C10H15N3O/c1-13-9(7-14)5-10(12-13)8-3-2-4-11-6-8/h5,7-8,11H,2-4,6H2,1H3. The highest BCUT2D eigenvalue weighted by Crippen LogP contribution is 2.21. The number of aldehydes is 1. The molecule has 1 atom stereocenters. The van der Waals surface area contributed by atoms with Gasteiger partial charge in [0.05, 0.1) is 5.69 Å². The van der Waals surface area contributed by atoms with Gasteiger partial charge in [-0.15, -0.1) is 0 Å². The molecule has 1 aliphatic heterocycles. The van der Waals surface area contributed by atoms with Crippen LogP contribution in [0.4, 0.5) is 0 Å². The molecule has 76 valence electrons. The number of hydrogen-bond acceptors (Lipinski definition) is 3. The predicted molar refractivity (Wildman–Crippen MR) is 53.4 cm³/mol. The van der Waals surface area contributed by atoms with Crippen LogP contribution in [-0.4, -0.2) is 29.2 Å². The van der Waals surface area contributed by atoms with E-state index in [9.17, 15) is 4.79 Å². The first kappa shape index (κ1) is 9.40.